The van der Waals surface area contributed by atoms with Crippen molar-refractivity contribution >= 4 is 5.97 Å². The highest BCUT2D eigenvalue weighted by Gasteiger charge is 2.45. The zero-order valence-electron chi connectivity index (χ0n) is 7.56. The second-order valence-electron chi connectivity index (χ2n) is 3.04. The normalized spacial score (nSPS) is 34.0. The lowest BCUT2D eigenvalue weighted by Crippen LogP contribution is -2.55. The van der Waals surface area contributed by atoms with E-state index in [1.54, 1.807) is 6.92 Å². The fraction of sp³-hybridized carbons (Fsp3) is 0.625. The molecule has 0 fully saturated rings. The summed E-state index contributed by atoms with van der Waals surface area (Å²) < 4.78 is 9.24. The van der Waals surface area contributed by atoms with Crippen LogP contribution in [0.25, 0.3) is 0 Å². The van der Waals surface area contributed by atoms with Crippen LogP contribution in [0.3, 0.4) is 0 Å². The number of hydrogen-bond acceptors (Lipinski definition) is 5. The first-order valence-corrected chi connectivity index (χ1v) is 3.90. The number of nitrogens with two attached hydrogens (primary N) is 1. The number of methoxy groups -OCH3 is 1. The highest BCUT2D eigenvalue weighted by molar-refractivity contribution is 5.74. The highest BCUT2D eigenvalue weighted by atomic mass is 16.6. The van der Waals surface area contributed by atoms with Crippen LogP contribution in [0.5, 0.6) is 0 Å². The van der Waals surface area contributed by atoms with Crippen LogP contribution < -0.4 is 5.73 Å². The van der Waals surface area contributed by atoms with Crippen LogP contribution in [0, 0.1) is 5.92 Å². The molecule has 5 heteroatoms. The fourth-order valence-corrected chi connectivity index (χ4v) is 1.17. The molecule has 0 radical (unpaired) electrons. The number of aliphatic hydroxyl groups excluding tert-OH is 1. The zero-order valence-corrected chi connectivity index (χ0v) is 7.56. The maximum atomic E-state index is 11.1. The number of hydrogen-bond donors (Lipinski definition) is 2. The number of rotatable bonds is 2. The first-order valence-electron chi connectivity index (χ1n) is 3.90. The summed E-state index contributed by atoms with van der Waals surface area (Å²) in [6, 6.07) is 0. The Bertz CT molecular complexity index is 240. The van der Waals surface area contributed by atoms with Gasteiger partial charge in [-0.2, -0.15) is 0 Å². The molecule has 0 saturated carbocycles. The lowest BCUT2D eigenvalue weighted by atomic mass is 9.86. The topological polar surface area (TPSA) is 81.8 Å². The first kappa shape index (κ1) is 10.0. The van der Waals surface area contributed by atoms with Crippen molar-refractivity contribution in [3.8, 4) is 0 Å². The second-order valence-corrected chi connectivity index (χ2v) is 3.04. The van der Waals surface area contributed by atoms with Gasteiger partial charge in [0.25, 0.3) is 0 Å². The van der Waals surface area contributed by atoms with Gasteiger partial charge in [0.1, 0.15) is 5.54 Å². The van der Waals surface area contributed by atoms with Crippen LogP contribution in [0.15, 0.2) is 12.3 Å². The molecule has 1 rings (SSSR count). The third-order valence-electron chi connectivity index (χ3n) is 2.30. The van der Waals surface area contributed by atoms with Crippen LogP contribution in [-0.4, -0.2) is 30.0 Å². The van der Waals surface area contributed by atoms with Gasteiger partial charge < -0.3 is 20.3 Å². The Morgan fingerprint density at radius 3 is 2.85 bits per heavy atom. The number of carbonyl (C=O) groups excluding carboxylic acids is 1. The van der Waals surface area contributed by atoms with Crippen molar-refractivity contribution in [1.29, 1.82) is 0 Å². The van der Waals surface area contributed by atoms with Crippen molar-refractivity contribution < 1.29 is 19.4 Å². The van der Waals surface area contributed by atoms with Gasteiger partial charge in [-0.05, 0) is 13.0 Å². The molecule has 1 unspecified atom stereocenters. The van der Waals surface area contributed by atoms with Gasteiger partial charge >= 0.3 is 5.97 Å². The molecule has 0 bridgehead atoms. The first-order chi connectivity index (χ1) is 6.02. The summed E-state index contributed by atoms with van der Waals surface area (Å²) in [5.74, 6) is -1.12. The van der Waals surface area contributed by atoms with E-state index in [0.717, 1.165) is 0 Å². The summed E-state index contributed by atoms with van der Waals surface area (Å²) in [6.45, 7) is 1.58. The van der Waals surface area contributed by atoms with E-state index in [1.807, 2.05) is 0 Å². The average molecular weight is 187 g/mol. The fourth-order valence-electron chi connectivity index (χ4n) is 1.17. The van der Waals surface area contributed by atoms with E-state index in [-0.39, 0.29) is 0 Å². The molecule has 74 valence electrons. The lowest BCUT2D eigenvalue weighted by Gasteiger charge is -2.29. The Morgan fingerprint density at radius 2 is 2.46 bits per heavy atom. The van der Waals surface area contributed by atoms with Gasteiger partial charge in [-0.25, -0.2) is 0 Å². The lowest BCUT2D eigenvalue weighted by molar-refractivity contribution is -0.153. The maximum absolute atomic E-state index is 11.1. The quantitative estimate of drug-likeness (QED) is 0.562. The second kappa shape index (κ2) is 3.35. The SMILES string of the molecule is COC(=O)[C@H](C)[C@@]1(N)C=COC1O. The van der Waals surface area contributed by atoms with E-state index in [0.29, 0.717) is 0 Å². The molecule has 1 aliphatic rings. The van der Waals surface area contributed by atoms with E-state index in [9.17, 15) is 9.90 Å². The van der Waals surface area contributed by atoms with E-state index in [2.05, 4.69) is 4.74 Å². The minimum Gasteiger partial charge on any atom is -0.471 e. The van der Waals surface area contributed by atoms with Gasteiger partial charge in [-0.15, -0.1) is 0 Å². The molecule has 0 saturated heterocycles. The molecule has 1 aliphatic heterocycles. The van der Waals surface area contributed by atoms with Gasteiger partial charge in [0.2, 0.25) is 6.29 Å². The molecule has 0 amide bonds. The van der Waals surface area contributed by atoms with Crippen molar-refractivity contribution in [3.05, 3.63) is 12.3 Å². The summed E-state index contributed by atoms with van der Waals surface area (Å²) in [7, 11) is 1.27. The molecule has 5 nitrogen and oxygen atoms in total. The summed E-state index contributed by atoms with van der Waals surface area (Å²) in [5.41, 5.74) is 4.57. The molecule has 0 spiro atoms. The molecule has 0 aromatic rings. The molecule has 3 atom stereocenters. The van der Waals surface area contributed by atoms with Crippen molar-refractivity contribution in [3.63, 3.8) is 0 Å². The van der Waals surface area contributed by atoms with Gasteiger partial charge in [0.15, 0.2) is 0 Å². The van der Waals surface area contributed by atoms with E-state index in [4.69, 9.17) is 10.5 Å². The Morgan fingerprint density at radius 1 is 1.85 bits per heavy atom. The van der Waals surface area contributed by atoms with Gasteiger partial charge in [-0.1, -0.05) is 0 Å². The third kappa shape index (κ3) is 1.52. The van der Waals surface area contributed by atoms with E-state index < -0.39 is 23.7 Å². The molecule has 0 aliphatic carbocycles. The Kier molecular flexibility index (Phi) is 2.58. The summed E-state index contributed by atoms with van der Waals surface area (Å²) in [6.07, 6.45) is 1.55. The largest absolute Gasteiger partial charge is 0.471 e. The Labute approximate surface area is 76.1 Å². The minimum absolute atomic E-state index is 0.475. The predicted molar refractivity (Wildman–Crippen MR) is 44.3 cm³/mol. The minimum atomic E-state index is -1.19. The molecular formula is C8H13NO4. The number of aliphatic hydroxyl groups is 1. The predicted octanol–water partition coefficient (Wildman–Crippen LogP) is -0.645. The number of carbonyl (C=O) groups is 1. The smallest absolute Gasteiger partial charge is 0.310 e. The van der Waals surface area contributed by atoms with Crippen LogP contribution in [0.4, 0.5) is 0 Å². The average Bonchev–Trinajstić information content (AvgIpc) is 2.46. The summed E-state index contributed by atoms with van der Waals surface area (Å²) >= 11 is 0. The summed E-state index contributed by atoms with van der Waals surface area (Å²) in [4.78, 5) is 11.1. The van der Waals surface area contributed by atoms with Crippen molar-refractivity contribution in [2.45, 2.75) is 18.8 Å². The van der Waals surface area contributed by atoms with Crippen molar-refractivity contribution in [2.24, 2.45) is 11.7 Å². The highest BCUT2D eigenvalue weighted by Crippen LogP contribution is 2.27. The maximum Gasteiger partial charge on any atom is 0.310 e. The van der Waals surface area contributed by atoms with Crippen LogP contribution in [0.2, 0.25) is 0 Å². The van der Waals surface area contributed by atoms with Crippen LogP contribution >= 0.6 is 0 Å². The van der Waals surface area contributed by atoms with Crippen LogP contribution in [-0.2, 0) is 14.3 Å². The van der Waals surface area contributed by atoms with Gasteiger partial charge in [0, 0.05) is 0 Å². The van der Waals surface area contributed by atoms with Gasteiger partial charge in [-0.3, -0.25) is 4.79 Å². The molecule has 3 N–H and O–H groups in total. The van der Waals surface area contributed by atoms with E-state index >= 15 is 0 Å². The molecule has 1 heterocycles. The monoisotopic (exact) mass is 187 g/mol. The molecule has 0 aromatic carbocycles. The number of esters is 1. The standard InChI is InChI=1S/C8H13NO4/c1-5(6(10)12-2)8(9)3-4-13-7(8)11/h3-5,7,11H,9H2,1-2H3/t5-,7?,8-/m0/s1. The van der Waals surface area contributed by atoms with Gasteiger partial charge in [0.05, 0.1) is 19.3 Å². The summed E-state index contributed by atoms with van der Waals surface area (Å²) in [5, 5.41) is 9.35. The number of ether oxygens (including phenoxy) is 2. The van der Waals surface area contributed by atoms with E-state index in [1.165, 1.54) is 19.4 Å². The Balaban J connectivity index is 2.80. The Hall–Kier alpha value is -1.07. The van der Waals surface area contributed by atoms with Crippen LogP contribution in [0.1, 0.15) is 6.92 Å². The molecular weight excluding hydrogens is 174 g/mol. The zero-order chi connectivity index (χ0) is 10.1. The van der Waals surface area contributed by atoms with Crippen molar-refractivity contribution in [2.75, 3.05) is 7.11 Å². The molecule has 0 aromatic heterocycles. The van der Waals surface area contributed by atoms with Crippen molar-refractivity contribution in [1.82, 2.24) is 0 Å². The molecule has 13 heavy (non-hydrogen) atoms. The third-order valence-corrected chi connectivity index (χ3v) is 2.30.